The molecule has 0 radical (unpaired) electrons. The monoisotopic (exact) mass is 326 g/mol. The molecule has 2 atom stereocenters. The van der Waals surface area contributed by atoms with E-state index in [2.05, 4.69) is 10.6 Å². The van der Waals surface area contributed by atoms with Crippen LogP contribution < -0.4 is 10.6 Å². The van der Waals surface area contributed by atoms with Gasteiger partial charge in [-0.25, -0.2) is 0 Å². The predicted octanol–water partition coefficient (Wildman–Crippen LogP) is 3.34. The Hall–Kier alpha value is -2.17. The fourth-order valence-corrected chi connectivity index (χ4v) is 2.71. The first kappa shape index (κ1) is 18.2. The Kier molecular flexibility index (Phi) is 6.53. The van der Waals surface area contributed by atoms with Crippen molar-refractivity contribution in [3.63, 3.8) is 0 Å². The summed E-state index contributed by atoms with van der Waals surface area (Å²) in [5.41, 5.74) is 4.11. The number of carbonyl (C=O) groups excluding carboxylic acids is 1. The van der Waals surface area contributed by atoms with E-state index < -0.39 is 0 Å². The summed E-state index contributed by atoms with van der Waals surface area (Å²) in [5, 5.41) is 15.9. The lowest BCUT2D eigenvalue weighted by Gasteiger charge is -2.22. The van der Waals surface area contributed by atoms with E-state index in [9.17, 15) is 9.90 Å². The van der Waals surface area contributed by atoms with Crippen molar-refractivity contribution >= 4 is 11.6 Å². The molecule has 0 saturated carbocycles. The van der Waals surface area contributed by atoms with Gasteiger partial charge in [-0.15, -0.1) is 0 Å². The van der Waals surface area contributed by atoms with Gasteiger partial charge in [-0.3, -0.25) is 4.79 Å². The molecule has 1 amide bonds. The van der Waals surface area contributed by atoms with E-state index in [1.165, 1.54) is 0 Å². The highest BCUT2D eigenvalue weighted by Gasteiger charge is 2.16. The van der Waals surface area contributed by atoms with Crippen LogP contribution in [0.15, 0.2) is 48.5 Å². The third kappa shape index (κ3) is 4.91. The molecule has 0 aromatic heterocycles. The molecule has 2 aromatic rings. The first-order valence-corrected chi connectivity index (χ1v) is 8.29. The molecule has 128 valence electrons. The Morgan fingerprint density at radius 2 is 1.79 bits per heavy atom. The highest BCUT2D eigenvalue weighted by Crippen LogP contribution is 2.18. The summed E-state index contributed by atoms with van der Waals surface area (Å²) in [7, 11) is 0. The first-order valence-electron chi connectivity index (χ1n) is 8.29. The maximum absolute atomic E-state index is 12.3. The number of aryl methyl sites for hydroxylation is 1. The van der Waals surface area contributed by atoms with Gasteiger partial charge in [-0.2, -0.15) is 0 Å². The zero-order chi connectivity index (χ0) is 17.5. The average Bonchev–Trinajstić information content (AvgIpc) is 2.57. The Labute approximate surface area is 143 Å². The molecule has 2 unspecified atom stereocenters. The number of rotatable bonds is 7. The number of aliphatic hydroxyl groups excluding tert-OH is 1. The highest BCUT2D eigenvalue weighted by molar-refractivity contribution is 5.92. The fourth-order valence-electron chi connectivity index (χ4n) is 2.71. The Morgan fingerprint density at radius 3 is 2.46 bits per heavy atom. The smallest absolute Gasteiger partial charge is 0.225 e. The fraction of sp³-hybridized carbons (Fsp3) is 0.350. The molecule has 0 fully saturated rings. The quantitative estimate of drug-likeness (QED) is 0.731. The van der Waals surface area contributed by atoms with Crippen LogP contribution in [0.25, 0.3) is 0 Å². The molecular weight excluding hydrogens is 300 g/mol. The van der Waals surface area contributed by atoms with Crippen molar-refractivity contribution in [1.82, 2.24) is 5.32 Å². The maximum atomic E-state index is 12.3. The van der Waals surface area contributed by atoms with Crippen LogP contribution in [0.4, 0.5) is 5.69 Å². The SMILES string of the molecule is Cc1cccc(NC(=O)CC(C)NC(CO)c2ccccc2)c1C. The van der Waals surface area contributed by atoms with Crippen molar-refractivity contribution in [3.05, 3.63) is 65.2 Å². The van der Waals surface area contributed by atoms with E-state index in [-0.39, 0.29) is 24.6 Å². The van der Waals surface area contributed by atoms with Gasteiger partial charge in [0.1, 0.15) is 0 Å². The number of aliphatic hydroxyl groups is 1. The van der Waals surface area contributed by atoms with Crippen LogP contribution in [0.1, 0.15) is 36.1 Å². The van der Waals surface area contributed by atoms with E-state index >= 15 is 0 Å². The van der Waals surface area contributed by atoms with Gasteiger partial charge in [0.25, 0.3) is 0 Å². The van der Waals surface area contributed by atoms with Crippen LogP contribution in [-0.4, -0.2) is 23.7 Å². The second-order valence-corrected chi connectivity index (χ2v) is 6.21. The lowest BCUT2D eigenvalue weighted by molar-refractivity contribution is -0.116. The van der Waals surface area contributed by atoms with Crippen molar-refractivity contribution in [2.45, 2.75) is 39.3 Å². The minimum atomic E-state index is -0.172. The molecule has 0 aliphatic rings. The van der Waals surface area contributed by atoms with Crippen LogP contribution >= 0.6 is 0 Å². The topological polar surface area (TPSA) is 61.4 Å². The third-order valence-electron chi connectivity index (χ3n) is 4.24. The number of hydrogen-bond acceptors (Lipinski definition) is 3. The van der Waals surface area contributed by atoms with Gasteiger partial charge in [0.15, 0.2) is 0 Å². The van der Waals surface area contributed by atoms with Crippen LogP contribution in [0, 0.1) is 13.8 Å². The van der Waals surface area contributed by atoms with Gasteiger partial charge in [0.05, 0.1) is 12.6 Å². The summed E-state index contributed by atoms with van der Waals surface area (Å²) in [6.45, 7) is 5.98. The number of anilines is 1. The molecule has 0 aliphatic carbocycles. The molecule has 4 heteroatoms. The van der Waals surface area contributed by atoms with Gasteiger partial charge in [0, 0.05) is 18.2 Å². The maximum Gasteiger partial charge on any atom is 0.225 e. The number of benzene rings is 2. The van der Waals surface area contributed by atoms with Crippen LogP contribution in [0.5, 0.6) is 0 Å². The molecule has 0 heterocycles. The largest absolute Gasteiger partial charge is 0.394 e. The minimum Gasteiger partial charge on any atom is -0.394 e. The number of amides is 1. The zero-order valence-corrected chi connectivity index (χ0v) is 14.5. The average molecular weight is 326 g/mol. The summed E-state index contributed by atoms with van der Waals surface area (Å²) >= 11 is 0. The van der Waals surface area contributed by atoms with Crippen molar-refractivity contribution in [3.8, 4) is 0 Å². The second-order valence-electron chi connectivity index (χ2n) is 6.21. The summed E-state index contributed by atoms with van der Waals surface area (Å²) < 4.78 is 0. The Morgan fingerprint density at radius 1 is 1.08 bits per heavy atom. The summed E-state index contributed by atoms with van der Waals surface area (Å²) in [6.07, 6.45) is 0.344. The summed E-state index contributed by atoms with van der Waals surface area (Å²) in [4.78, 5) is 12.3. The molecule has 3 N–H and O–H groups in total. The van der Waals surface area contributed by atoms with Crippen LogP contribution in [-0.2, 0) is 4.79 Å². The number of carbonyl (C=O) groups is 1. The van der Waals surface area contributed by atoms with Gasteiger partial charge in [-0.1, -0.05) is 42.5 Å². The molecule has 0 bridgehead atoms. The number of hydrogen-bond donors (Lipinski definition) is 3. The summed E-state index contributed by atoms with van der Waals surface area (Å²) in [6, 6.07) is 15.4. The van der Waals surface area contributed by atoms with Crippen molar-refractivity contribution in [2.24, 2.45) is 0 Å². The van der Waals surface area contributed by atoms with Crippen LogP contribution in [0.2, 0.25) is 0 Å². The molecular formula is C20H26N2O2. The van der Waals surface area contributed by atoms with E-state index in [4.69, 9.17) is 0 Å². The van der Waals surface area contributed by atoms with Gasteiger partial charge >= 0.3 is 0 Å². The molecule has 2 aromatic carbocycles. The van der Waals surface area contributed by atoms with Crippen molar-refractivity contribution in [1.29, 1.82) is 0 Å². The molecule has 4 nitrogen and oxygen atoms in total. The number of nitrogens with one attached hydrogen (secondary N) is 2. The molecule has 0 aliphatic heterocycles. The van der Waals surface area contributed by atoms with E-state index in [1.807, 2.05) is 69.3 Å². The predicted molar refractivity (Wildman–Crippen MR) is 98.0 cm³/mol. The van der Waals surface area contributed by atoms with Gasteiger partial charge < -0.3 is 15.7 Å². The first-order chi connectivity index (χ1) is 11.5. The lowest BCUT2D eigenvalue weighted by atomic mass is 10.1. The highest BCUT2D eigenvalue weighted by atomic mass is 16.3. The third-order valence-corrected chi connectivity index (χ3v) is 4.24. The Bertz CT molecular complexity index is 671. The van der Waals surface area contributed by atoms with E-state index in [1.54, 1.807) is 0 Å². The zero-order valence-electron chi connectivity index (χ0n) is 14.5. The minimum absolute atomic E-state index is 0.00698. The summed E-state index contributed by atoms with van der Waals surface area (Å²) in [5.74, 6) is -0.0338. The molecule has 0 saturated heterocycles. The van der Waals surface area contributed by atoms with Crippen molar-refractivity contribution in [2.75, 3.05) is 11.9 Å². The molecule has 24 heavy (non-hydrogen) atoms. The van der Waals surface area contributed by atoms with E-state index in [0.29, 0.717) is 6.42 Å². The molecule has 0 spiro atoms. The second kappa shape index (κ2) is 8.62. The normalized spacial score (nSPS) is 13.3. The standard InChI is InChI=1S/C20H26N2O2/c1-14-8-7-11-18(16(14)3)22-20(24)12-15(2)21-19(13-23)17-9-5-4-6-10-17/h4-11,15,19,21,23H,12-13H2,1-3H3,(H,22,24). The van der Waals surface area contributed by atoms with Crippen LogP contribution in [0.3, 0.4) is 0 Å². The van der Waals surface area contributed by atoms with E-state index in [0.717, 1.165) is 22.4 Å². The van der Waals surface area contributed by atoms with Crippen molar-refractivity contribution < 1.29 is 9.90 Å². The Balaban J connectivity index is 1.92. The molecule has 2 rings (SSSR count). The lowest BCUT2D eigenvalue weighted by Crippen LogP contribution is -2.35. The van der Waals surface area contributed by atoms with Gasteiger partial charge in [0.2, 0.25) is 5.91 Å². The van der Waals surface area contributed by atoms with Gasteiger partial charge in [-0.05, 0) is 43.5 Å².